The van der Waals surface area contributed by atoms with Gasteiger partial charge in [-0.1, -0.05) is 13.8 Å². The minimum absolute atomic E-state index is 0.0739. The first-order valence-electron chi connectivity index (χ1n) is 14.4. The van der Waals surface area contributed by atoms with Gasteiger partial charge in [-0.25, -0.2) is 23.1 Å². The predicted octanol–water partition coefficient (Wildman–Crippen LogP) is 3.80. The molecule has 2 atom stereocenters. The number of aryl methyl sites for hydroxylation is 2. The van der Waals surface area contributed by atoms with Gasteiger partial charge in [0.25, 0.3) is 5.91 Å². The van der Waals surface area contributed by atoms with Gasteiger partial charge in [0.1, 0.15) is 16.5 Å². The molecule has 0 saturated carbocycles. The van der Waals surface area contributed by atoms with Crippen LogP contribution in [0, 0.1) is 5.92 Å². The van der Waals surface area contributed by atoms with Gasteiger partial charge < -0.3 is 14.5 Å². The molecule has 1 aromatic carbocycles. The van der Waals surface area contributed by atoms with E-state index in [9.17, 15) is 13.2 Å². The van der Waals surface area contributed by atoms with Crippen LogP contribution in [0.5, 0.6) is 0 Å². The van der Waals surface area contributed by atoms with E-state index in [1.807, 2.05) is 16.2 Å². The second-order valence-corrected chi connectivity index (χ2v) is 14.0. The SMILES string of the molecule is CCc1nc(N2CCN(C(=O)c3ccc(S(=O)(=O)NC[C@@H]4CCCO4)cc3)CC2)c2c3c(sc2n1)C[C@H](C)CC3. The van der Waals surface area contributed by atoms with Crippen LogP contribution in [0.1, 0.15) is 59.7 Å². The van der Waals surface area contributed by atoms with Gasteiger partial charge in [0.05, 0.1) is 16.4 Å². The average Bonchev–Trinajstić information content (AvgIpc) is 3.63. The van der Waals surface area contributed by atoms with Crippen molar-refractivity contribution < 1.29 is 17.9 Å². The van der Waals surface area contributed by atoms with Gasteiger partial charge in [-0.05, 0) is 67.9 Å². The van der Waals surface area contributed by atoms with Crippen molar-refractivity contribution in [1.82, 2.24) is 19.6 Å². The number of fused-ring (bicyclic) bond motifs is 3. The van der Waals surface area contributed by atoms with Crippen LogP contribution in [0.25, 0.3) is 10.2 Å². The van der Waals surface area contributed by atoms with Crippen LogP contribution in [0.3, 0.4) is 0 Å². The van der Waals surface area contributed by atoms with Crippen molar-refractivity contribution in [3.05, 3.63) is 46.1 Å². The maximum Gasteiger partial charge on any atom is 0.253 e. The summed E-state index contributed by atoms with van der Waals surface area (Å²) in [4.78, 5) is 30.0. The smallest absolute Gasteiger partial charge is 0.253 e. The summed E-state index contributed by atoms with van der Waals surface area (Å²) in [5, 5.41) is 1.22. The Morgan fingerprint density at radius 2 is 1.90 bits per heavy atom. The first-order chi connectivity index (χ1) is 19.3. The highest BCUT2D eigenvalue weighted by atomic mass is 32.2. The molecule has 0 radical (unpaired) electrons. The Kier molecular flexibility index (Phi) is 7.82. The Balaban J connectivity index is 1.13. The molecule has 0 spiro atoms. The number of thiophene rings is 1. The fraction of sp³-hybridized carbons (Fsp3) is 0.552. The third-order valence-corrected chi connectivity index (χ3v) is 10.9. The van der Waals surface area contributed by atoms with Crippen LogP contribution in [-0.2, 0) is 34.0 Å². The summed E-state index contributed by atoms with van der Waals surface area (Å²) in [5.41, 5.74) is 1.92. The summed E-state index contributed by atoms with van der Waals surface area (Å²) in [5.74, 6) is 2.51. The molecule has 2 aromatic heterocycles. The van der Waals surface area contributed by atoms with Crippen LogP contribution >= 0.6 is 11.3 Å². The molecule has 4 heterocycles. The molecule has 3 aliphatic rings. The summed E-state index contributed by atoms with van der Waals surface area (Å²) in [6, 6.07) is 6.22. The number of hydrogen-bond donors (Lipinski definition) is 1. The highest BCUT2D eigenvalue weighted by molar-refractivity contribution is 7.89. The van der Waals surface area contributed by atoms with Crippen LogP contribution in [0.4, 0.5) is 5.82 Å². The topological polar surface area (TPSA) is 105 Å². The molecule has 1 aliphatic carbocycles. The van der Waals surface area contributed by atoms with Gasteiger partial charge >= 0.3 is 0 Å². The lowest BCUT2D eigenvalue weighted by atomic mass is 9.89. The van der Waals surface area contributed by atoms with Gasteiger partial charge in [-0.2, -0.15) is 0 Å². The number of ether oxygens (including phenoxy) is 1. The Bertz CT molecular complexity index is 1490. The third kappa shape index (κ3) is 5.48. The lowest BCUT2D eigenvalue weighted by molar-refractivity contribution is 0.0746. The van der Waals surface area contributed by atoms with Crippen molar-refractivity contribution in [2.45, 2.75) is 63.4 Å². The van der Waals surface area contributed by atoms with Crippen molar-refractivity contribution in [2.75, 3.05) is 44.2 Å². The van der Waals surface area contributed by atoms with Gasteiger partial charge in [-0.3, -0.25) is 4.79 Å². The number of sulfonamides is 1. The normalized spacial score (nSPS) is 21.6. The summed E-state index contributed by atoms with van der Waals surface area (Å²) >= 11 is 1.83. The van der Waals surface area contributed by atoms with Crippen LogP contribution in [0.15, 0.2) is 29.2 Å². The molecule has 1 N–H and O–H groups in total. The molecular weight excluding hydrogens is 546 g/mol. The van der Waals surface area contributed by atoms with Gasteiger partial charge in [-0.15, -0.1) is 11.3 Å². The van der Waals surface area contributed by atoms with Crippen molar-refractivity contribution in [3.8, 4) is 0 Å². The van der Waals surface area contributed by atoms with Crippen LogP contribution in [0.2, 0.25) is 0 Å². The Morgan fingerprint density at radius 1 is 1.12 bits per heavy atom. The zero-order valence-electron chi connectivity index (χ0n) is 23.2. The van der Waals surface area contributed by atoms with E-state index in [0.717, 1.165) is 48.6 Å². The van der Waals surface area contributed by atoms with E-state index in [2.05, 4.69) is 23.5 Å². The fourth-order valence-corrected chi connectivity index (χ4v) is 8.39. The first kappa shape index (κ1) is 27.6. The van der Waals surface area contributed by atoms with Crippen LogP contribution < -0.4 is 9.62 Å². The van der Waals surface area contributed by atoms with Crippen LogP contribution in [-0.4, -0.2) is 74.6 Å². The molecule has 2 aliphatic heterocycles. The van der Waals surface area contributed by atoms with E-state index >= 15 is 0 Å². The largest absolute Gasteiger partial charge is 0.377 e. The quantitative estimate of drug-likeness (QED) is 0.451. The molecule has 1 amide bonds. The van der Waals surface area contributed by atoms with Crippen molar-refractivity contribution in [2.24, 2.45) is 5.92 Å². The number of rotatable bonds is 7. The van der Waals surface area contributed by atoms with Gasteiger partial charge in [0, 0.05) is 56.2 Å². The van der Waals surface area contributed by atoms with E-state index in [-0.39, 0.29) is 23.5 Å². The monoisotopic (exact) mass is 583 g/mol. The molecule has 40 heavy (non-hydrogen) atoms. The summed E-state index contributed by atoms with van der Waals surface area (Å²) in [7, 11) is -3.65. The number of carbonyl (C=O) groups is 1. The molecule has 2 fully saturated rings. The molecule has 0 bridgehead atoms. The minimum Gasteiger partial charge on any atom is -0.377 e. The average molecular weight is 584 g/mol. The number of aromatic nitrogens is 2. The van der Waals surface area contributed by atoms with Crippen molar-refractivity contribution in [1.29, 1.82) is 0 Å². The van der Waals surface area contributed by atoms with Crippen molar-refractivity contribution >= 4 is 43.3 Å². The Hall–Kier alpha value is -2.60. The third-order valence-electron chi connectivity index (χ3n) is 8.30. The number of nitrogens with one attached hydrogen (secondary N) is 1. The number of amides is 1. The predicted molar refractivity (Wildman–Crippen MR) is 157 cm³/mol. The lowest BCUT2D eigenvalue weighted by Crippen LogP contribution is -2.49. The lowest BCUT2D eigenvalue weighted by Gasteiger charge is -2.36. The first-order valence-corrected chi connectivity index (χ1v) is 16.7. The highest BCUT2D eigenvalue weighted by Gasteiger charge is 2.29. The number of anilines is 1. The van der Waals surface area contributed by atoms with E-state index in [1.165, 1.54) is 34.4 Å². The molecule has 0 unspecified atom stereocenters. The zero-order chi connectivity index (χ0) is 27.9. The van der Waals surface area contributed by atoms with Crippen molar-refractivity contribution in [3.63, 3.8) is 0 Å². The molecule has 3 aromatic rings. The van der Waals surface area contributed by atoms with E-state index in [0.29, 0.717) is 44.3 Å². The van der Waals surface area contributed by atoms with E-state index in [4.69, 9.17) is 14.7 Å². The number of benzene rings is 1. The second-order valence-electron chi connectivity index (χ2n) is 11.1. The molecule has 6 rings (SSSR count). The maximum absolute atomic E-state index is 13.3. The maximum atomic E-state index is 13.3. The fourth-order valence-electron chi connectivity index (χ4n) is 5.92. The second kappa shape index (κ2) is 11.3. The number of carbonyl (C=O) groups excluding carboxylic acids is 1. The minimum atomic E-state index is -3.65. The number of hydrogen-bond acceptors (Lipinski definition) is 8. The standard InChI is InChI=1S/C29H37N5O4S2/c1-3-25-31-27(26-23-11-6-19(2)17-24(23)39-28(26)32-25)33-12-14-34(15-13-33)29(35)20-7-9-22(10-8-20)40(36,37)30-18-21-5-4-16-38-21/h7-10,19,21,30H,3-6,11-18H2,1-2H3/t19-,21+/m1/s1. The zero-order valence-corrected chi connectivity index (χ0v) is 24.8. The molecule has 214 valence electrons. The summed E-state index contributed by atoms with van der Waals surface area (Å²) in [6.45, 7) is 7.91. The highest BCUT2D eigenvalue weighted by Crippen LogP contribution is 2.41. The Labute approximate surface area is 240 Å². The molecule has 11 heteroatoms. The Morgan fingerprint density at radius 3 is 2.60 bits per heavy atom. The summed E-state index contributed by atoms with van der Waals surface area (Å²) in [6.07, 6.45) is 5.92. The van der Waals surface area contributed by atoms with E-state index < -0.39 is 10.0 Å². The molecular formula is C29H37N5O4S2. The molecule has 2 saturated heterocycles. The number of piperazine rings is 1. The van der Waals surface area contributed by atoms with E-state index in [1.54, 1.807) is 12.1 Å². The molecule has 9 nitrogen and oxygen atoms in total. The van der Waals surface area contributed by atoms with Gasteiger partial charge in [0.15, 0.2) is 0 Å². The van der Waals surface area contributed by atoms with Gasteiger partial charge in [0.2, 0.25) is 10.0 Å². The summed E-state index contributed by atoms with van der Waals surface area (Å²) < 4.78 is 33.5. The number of nitrogens with zero attached hydrogens (tertiary/aromatic N) is 4.